The number of esters is 1. The number of methoxy groups -OCH3 is 2. The first kappa shape index (κ1) is 24.7. The summed E-state index contributed by atoms with van der Waals surface area (Å²) in [6.07, 6.45) is 1.60. The summed E-state index contributed by atoms with van der Waals surface area (Å²) in [6.45, 7) is 3.60. The molecule has 8 nitrogen and oxygen atoms in total. The largest absolute Gasteiger partial charge is 0.507 e. The number of carbonyl (C=O) groups is 1. The van der Waals surface area contributed by atoms with Crippen LogP contribution in [0.1, 0.15) is 31.0 Å². The molecule has 2 heterocycles. The van der Waals surface area contributed by atoms with Gasteiger partial charge in [0.15, 0.2) is 4.80 Å². The van der Waals surface area contributed by atoms with Gasteiger partial charge in [-0.25, -0.2) is 9.79 Å². The number of allylic oxidation sites excluding steroid dienone is 1. The van der Waals surface area contributed by atoms with E-state index in [2.05, 4.69) is 20.9 Å². The minimum atomic E-state index is -0.853. The third kappa shape index (κ3) is 4.63. The van der Waals surface area contributed by atoms with Gasteiger partial charge in [0.25, 0.3) is 5.56 Å². The number of hydrogen-bond acceptors (Lipinski definition) is 8. The van der Waals surface area contributed by atoms with Gasteiger partial charge in [-0.2, -0.15) is 0 Å². The Morgan fingerprint density at radius 3 is 2.69 bits per heavy atom. The quantitative estimate of drug-likeness (QED) is 0.466. The van der Waals surface area contributed by atoms with Crippen molar-refractivity contribution in [2.24, 2.45) is 4.99 Å². The van der Waals surface area contributed by atoms with E-state index in [4.69, 9.17) is 14.2 Å². The number of nitrogens with zero attached hydrogens (tertiary/aromatic N) is 2. The Labute approximate surface area is 213 Å². The highest BCUT2D eigenvalue weighted by molar-refractivity contribution is 9.10. The van der Waals surface area contributed by atoms with E-state index in [0.29, 0.717) is 37.7 Å². The van der Waals surface area contributed by atoms with Crippen LogP contribution in [0.5, 0.6) is 17.2 Å². The van der Waals surface area contributed by atoms with Crippen LogP contribution in [0.4, 0.5) is 0 Å². The van der Waals surface area contributed by atoms with Crippen molar-refractivity contribution in [1.29, 1.82) is 0 Å². The van der Waals surface area contributed by atoms with E-state index in [9.17, 15) is 14.7 Å². The number of benzene rings is 2. The Bertz CT molecular complexity index is 1520. The Hall–Kier alpha value is -3.37. The van der Waals surface area contributed by atoms with Gasteiger partial charge in [0, 0.05) is 15.6 Å². The van der Waals surface area contributed by atoms with Crippen LogP contribution in [-0.2, 0) is 9.53 Å². The third-order valence-electron chi connectivity index (χ3n) is 5.52. The Morgan fingerprint density at radius 1 is 1.23 bits per heavy atom. The first-order chi connectivity index (χ1) is 16.8. The van der Waals surface area contributed by atoms with Crippen LogP contribution in [0.2, 0.25) is 0 Å². The van der Waals surface area contributed by atoms with Gasteiger partial charge in [-0.15, -0.1) is 0 Å². The van der Waals surface area contributed by atoms with E-state index in [1.807, 2.05) is 0 Å². The summed E-state index contributed by atoms with van der Waals surface area (Å²) >= 11 is 4.56. The molecule has 0 unspecified atom stereocenters. The first-order valence-electron chi connectivity index (χ1n) is 10.7. The molecule has 35 heavy (non-hydrogen) atoms. The molecule has 0 aliphatic carbocycles. The van der Waals surface area contributed by atoms with Gasteiger partial charge >= 0.3 is 5.97 Å². The smallest absolute Gasteiger partial charge is 0.338 e. The molecule has 1 atom stereocenters. The fraction of sp³-hybridized carbons (Fsp3) is 0.240. The minimum Gasteiger partial charge on any atom is -0.507 e. The van der Waals surface area contributed by atoms with Gasteiger partial charge in [-0.1, -0.05) is 27.3 Å². The molecule has 0 saturated heterocycles. The van der Waals surface area contributed by atoms with E-state index in [1.165, 1.54) is 30.1 Å². The number of hydrogen-bond donors (Lipinski definition) is 1. The number of carbonyl (C=O) groups excluding carboxylic acids is 1. The number of fused-ring (bicyclic) bond motifs is 1. The van der Waals surface area contributed by atoms with E-state index in [0.717, 1.165) is 4.47 Å². The van der Waals surface area contributed by atoms with Crippen molar-refractivity contribution in [1.82, 2.24) is 4.57 Å². The SMILES string of the molecule is CCOC(=O)C1=C(C)N=c2sc(=Cc3cc(Br)ccc3O)c(=O)n2[C@@H]1c1cc(OC)ccc1OC. The molecule has 3 aromatic rings. The molecular formula is C25H23BrN2O6S. The molecule has 10 heteroatoms. The summed E-state index contributed by atoms with van der Waals surface area (Å²) in [6, 6.07) is 9.31. The lowest BCUT2D eigenvalue weighted by molar-refractivity contribution is -0.139. The van der Waals surface area contributed by atoms with E-state index < -0.39 is 12.0 Å². The number of phenolic OH excluding ortho intramolecular Hbond substituents is 1. The second kappa shape index (κ2) is 10.1. The number of halogens is 1. The van der Waals surface area contributed by atoms with Crippen molar-refractivity contribution in [3.8, 4) is 17.2 Å². The third-order valence-corrected chi connectivity index (χ3v) is 7.00. The zero-order valence-electron chi connectivity index (χ0n) is 19.5. The number of ether oxygens (including phenoxy) is 3. The van der Waals surface area contributed by atoms with Gasteiger partial charge in [-0.3, -0.25) is 9.36 Å². The van der Waals surface area contributed by atoms with E-state index in [1.54, 1.807) is 56.3 Å². The molecule has 1 aliphatic heterocycles. The first-order valence-corrected chi connectivity index (χ1v) is 12.3. The van der Waals surface area contributed by atoms with Crippen LogP contribution >= 0.6 is 27.3 Å². The van der Waals surface area contributed by atoms with Crippen LogP contribution in [0.15, 0.2) is 61.9 Å². The molecule has 0 bridgehead atoms. The normalized spacial score (nSPS) is 15.5. The molecule has 0 fully saturated rings. The highest BCUT2D eigenvalue weighted by Gasteiger charge is 2.35. The van der Waals surface area contributed by atoms with E-state index in [-0.39, 0.29) is 23.5 Å². The van der Waals surface area contributed by atoms with Crippen LogP contribution in [0, 0.1) is 0 Å². The van der Waals surface area contributed by atoms with E-state index >= 15 is 0 Å². The van der Waals surface area contributed by atoms with Crippen molar-refractivity contribution < 1.29 is 24.1 Å². The molecule has 4 rings (SSSR count). The summed E-state index contributed by atoms with van der Waals surface area (Å²) < 4.78 is 18.9. The summed E-state index contributed by atoms with van der Waals surface area (Å²) in [5.41, 5.74) is 1.35. The van der Waals surface area contributed by atoms with Gasteiger partial charge < -0.3 is 19.3 Å². The molecule has 0 saturated carbocycles. The second-order valence-electron chi connectivity index (χ2n) is 7.61. The van der Waals surface area contributed by atoms with Gasteiger partial charge in [0.1, 0.15) is 23.3 Å². The zero-order valence-corrected chi connectivity index (χ0v) is 21.9. The summed E-state index contributed by atoms with van der Waals surface area (Å²) in [7, 11) is 3.06. The maximum Gasteiger partial charge on any atom is 0.338 e. The van der Waals surface area contributed by atoms with Crippen LogP contribution in [-0.4, -0.2) is 36.5 Å². The lowest BCUT2D eigenvalue weighted by atomic mass is 9.94. The molecule has 0 amide bonds. The highest BCUT2D eigenvalue weighted by atomic mass is 79.9. The van der Waals surface area contributed by atoms with Gasteiger partial charge in [0.2, 0.25) is 0 Å². The second-order valence-corrected chi connectivity index (χ2v) is 9.54. The predicted molar refractivity (Wildman–Crippen MR) is 136 cm³/mol. The minimum absolute atomic E-state index is 0.0356. The topological polar surface area (TPSA) is 99.4 Å². The lowest BCUT2D eigenvalue weighted by Gasteiger charge is -2.26. The molecular weight excluding hydrogens is 536 g/mol. The van der Waals surface area contributed by atoms with Crippen LogP contribution in [0.3, 0.4) is 0 Å². The number of aromatic hydroxyl groups is 1. The maximum atomic E-state index is 13.7. The Kier molecular flexibility index (Phi) is 7.13. The van der Waals surface area contributed by atoms with Crippen molar-refractivity contribution >= 4 is 39.3 Å². The standard InChI is InChI=1S/C25H23BrN2O6S/c1-5-34-24(31)21-13(2)27-25-28(22(21)17-12-16(32-3)7-9-19(17)33-4)23(30)20(35-25)11-14-10-15(26)6-8-18(14)29/h6-12,22,29H,5H2,1-4H3/t22-/m1/s1. The van der Waals surface area contributed by atoms with Gasteiger partial charge in [-0.05, 0) is 56.3 Å². The molecule has 1 N–H and O–H groups in total. The van der Waals surface area contributed by atoms with Crippen molar-refractivity contribution in [2.45, 2.75) is 19.9 Å². The molecule has 1 aliphatic rings. The Balaban J connectivity index is 2.04. The fourth-order valence-electron chi connectivity index (χ4n) is 3.92. The summed E-state index contributed by atoms with van der Waals surface area (Å²) in [5.74, 6) is 0.488. The average molecular weight is 559 g/mol. The molecule has 1 aromatic heterocycles. The van der Waals surface area contributed by atoms with Crippen molar-refractivity contribution in [2.75, 3.05) is 20.8 Å². The maximum absolute atomic E-state index is 13.7. The monoisotopic (exact) mass is 558 g/mol. The van der Waals surface area contributed by atoms with Crippen LogP contribution in [0.25, 0.3) is 6.08 Å². The number of phenols is 1. The zero-order chi connectivity index (χ0) is 25.3. The van der Waals surface area contributed by atoms with Crippen molar-refractivity contribution in [3.63, 3.8) is 0 Å². The fourth-order valence-corrected chi connectivity index (χ4v) is 5.34. The number of thiazole rings is 1. The number of rotatable bonds is 6. The lowest BCUT2D eigenvalue weighted by Crippen LogP contribution is -2.40. The van der Waals surface area contributed by atoms with Gasteiger partial charge in [0.05, 0.1) is 36.6 Å². The summed E-state index contributed by atoms with van der Waals surface area (Å²) in [5, 5.41) is 10.3. The average Bonchev–Trinajstić information content (AvgIpc) is 3.14. The molecule has 0 spiro atoms. The molecule has 2 aromatic carbocycles. The summed E-state index contributed by atoms with van der Waals surface area (Å²) in [4.78, 5) is 31.8. The highest BCUT2D eigenvalue weighted by Crippen LogP contribution is 2.37. The van der Waals surface area contributed by atoms with Crippen LogP contribution < -0.4 is 24.4 Å². The van der Waals surface area contributed by atoms with Crippen molar-refractivity contribution in [3.05, 3.63) is 83.0 Å². The molecule has 0 radical (unpaired) electrons. The predicted octanol–water partition coefficient (Wildman–Crippen LogP) is 3.28. The molecule has 182 valence electrons. The Morgan fingerprint density at radius 2 is 2.00 bits per heavy atom. The number of aromatic nitrogens is 1.